The van der Waals surface area contributed by atoms with Crippen molar-refractivity contribution in [3.8, 4) is 5.75 Å². The van der Waals surface area contributed by atoms with Gasteiger partial charge < -0.3 is 30.4 Å². The van der Waals surface area contributed by atoms with Crippen LogP contribution in [0.15, 0.2) is 83.1 Å². The fourth-order valence-corrected chi connectivity index (χ4v) is 4.65. The summed E-state index contributed by atoms with van der Waals surface area (Å²) in [6, 6.07) is 20.5. The molecule has 0 saturated carbocycles. The predicted octanol–water partition coefficient (Wildman–Crippen LogP) is 6.57. The number of rotatable bonds is 11. The minimum absolute atomic E-state index is 0.254. The van der Waals surface area contributed by atoms with Crippen LogP contribution in [0, 0.1) is 6.92 Å². The minimum atomic E-state index is 0.254. The molecule has 0 aliphatic heterocycles. The van der Waals surface area contributed by atoms with Crippen molar-refractivity contribution in [3.05, 3.63) is 84.3 Å². The largest absolute Gasteiger partial charge is 0.496 e. The van der Waals surface area contributed by atoms with Crippen LogP contribution in [0.1, 0.15) is 37.8 Å². The lowest BCUT2D eigenvalue weighted by molar-refractivity contribution is 0.215. The van der Waals surface area contributed by atoms with E-state index in [0.29, 0.717) is 24.9 Å². The number of benzene rings is 3. The molecule has 8 nitrogen and oxygen atoms in total. The standard InChI is InChI=1S/C32H40N6O2/c1-6-17-38(18-7-2)31(33)37-32(34-23(4)40-19-16-24-13-12-22(3)30(20-24)39-5)35-25-14-15-29-27(21-25)26-10-8-9-11-28(26)36-29/h8-15,20-21,36H,4,6-7,16-19H2,1-3,5H3,(H3,33,34,35,37). The number of para-hydroxylation sites is 1. The Hall–Kier alpha value is -4.46. The monoisotopic (exact) mass is 540 g/mol. The highest BCUT2D eigenvalue weighted by molar-refractivity contribution is 6.09. The Morgan fingerprint density at radius 2 is 1.73 bits per heavy atom. The number of aryl methyl sites for hydroxylation is 1. The third-order valence-electron chi connectivity index (χ3n) is 6.66. The highest BCUT2D eigenvalue weighted by Gasteiger charge is 2.11. The molecule has 0 spiro atoms. The van der Waals surface area contributed by atoms with Crippen LogP contribution in [0.25, 0.3) is 21.8 Å². The highest BCUT2D eigenvalue weighted by atomic mass is 16.5. The van der Waals surface area contributed by atoms with Gasteiger partial charge in [-0.1, -0.05) is 44.2 Å². The maximum absolute atomic E-state index is 6.45. The summed E-state index contributed by atoms with van der Waals surface area (Å²) in [7, 11) is 1.68. The molecule has 0 atom stereocenters. The summed E-state index contributed by atoms with van der Waals surface area (Å²) < 4.78 is 11.3. The van der Waals surface area contributed by atoms with Crippen LogP contribution in [-0.2, 0) is 11.2 Å². The molecular formula is C32H40N6O2. The second kappa shape index (κ2) is 13.6. The zero-order chi connectivity index (χ0) is 28.5. The molecule has 40 heavy (non-hydrogen) atoms. The van der Waals surface area contributed by atoms with E-state index in [4.69, 9.17) is 15.2 Å². The number of hydrogen-bond acceptors (Lipinski definition) is 3. The number of guanidine groups is 2. The van der Waals surface area contributed by atoms with Crippen molar-refractivity contribution in [3.63, 3.8) is 0 Å². The lowest BCUT2D eigenvalue weighted by Gasteiger charge is -2.22. The van der Waals surface area contributed by atoms with E-state index in [1.165, 1.54) is 0 Å². The molecular weight excluding hydrogens is 500 g/mol. The number of hydrogen-bond donors (Lipinski definition) is 3. The van der Waals surface area contributed by atoms with Crippen molar-refractivity contribution in [2.45, 2.75) is 40.0 Å². The van der Waals surface area contributed by atoms with Crippen molar-refractivity contribution in [1.29, 1.82) is 0 Å². The fraction of sp³-hybridized carbons (Fsp3) is 0.312. The van der Waals surface area contributed by atoms with E-state index in [1.54, 1.807) is 7.11 Å². The van der Waals surface area contributed by atoms with Crippen LogP contribution in [0.2, 0.25) is 0 Å². The van der Waals surface area contributed by atoms with Crippen molar-refractivity contribution in [1.82, 2.24) is 9.88 Å². The zero-order valence-electron chi connectivity index (χ0n) is 24.0. The number of nitrogens with zero attached hydrogens (tertiary/aromatic N) is 3. The summed E-state index contributed by atoms with van der Waals surface area (Å²) in [5, 5.41) is 5.60. The summed E-state index contributed by atoms with van der Waals surface area (Å²) >= 11 is 0. The van der Waals surface area contributed by atoms with E-state index in [0.717, 1.165) is 70.3 Å². The first-order valence-electron chi connectivity index (χ1n) is 13.8. The molecule has 0 radical (unpaired) electrons. The van der Waals surface area contributed by atoms with Gasteiger partial charge in [0.2, 0.25) is 11.8 Å². The van der Waals surface area contributed by atoms with E-state index in [2.05, 4.69) is 69.9 Å². The Bertz CT molecular complexity index is 1510. The molecule has 8 heteroatoms. The molecule has 0 unspecified atom stereocenters. The Labute approximate surface area is 236 Å². The number of aromatic nitrogens is 1. The first-order valence-corrected chi connectivity index (χ1v) is 13.8. The van der Waals surface area contributed by atoms with E-state index in [1.807, 2.05) is 43.3 Å². The average molecular weight is 541 g/mol. The van der Waals surface area contributed by atoms with Crippen LogP contribution >= 0.6 is 0 Å². The molecule has 0 amide bonds. The number of nitrogens with two attached hydrogens (primary N) is 1. The average Bonchev–Trinajstić information content (AvgIpc) is 3.31. The first kappa shape index (κ1) is 28.5. The van der Waals surface area contributed by atoms with Gasteiger partial charge in [0, 0.05) is 47.0 Å². The second-order valence-corrected chi connectivity index (χ2v) is 9.74. The molecule has 4 N–H and O–H groups in total. The third-order valence-corrected chi connectivity index (χ3v) is 6.66. The number of ether oxygens (including phenoxy) is 2. The molecule has 0 bridgehead atoms. The van der Waals surface area contributed by atoms with Gasteiger partial charge in [0.05, 0.1) is 13.7 Å². The number of anilines is 1. The quantitative estimate of drug-likeness (QED) is 0.113. The fourth-order valence-electron chi connectivity index (χ4n) is 4.65. The Balaban J connectivity index is 1.56. The molecule has 3 aromatic carbocycles. The van der Waals surface area contributed by atoms with E-state index in [9.17, 15) is 0 Å². The van der Waals surface area contributed by atoms with Gasteiger partial charge in [0.25, 0.3) is 0 Å². The van der Waals surface area contributed by atoms with Crippen molar-refractivity contribution < 1.29 is 9.47 Å². The van der Waals surface area contributed by atoms with E-state index >= 15 is 0 Å². The van der Waals surface area contributed by atoms with Gasteiger partial charge in [0.1, 0.15) is 5.75 Å². The summed E-state index contributed by atoms with van der Waals surface area (Å²) in [4.78, 5) is 14.8. The summed E-state index contributed by atoms with van der Waals surface area (Å²) in [6.45, 7) is 12.3. The number of H-pyrrole nitrogens is 1. The number of fused-ring (bicyclic) bond motifs is 3. The van der Waals surface area contributed by atoms with Crippen molar-refractivity contribution in [2.75, 3.05) is 32.1 Å². The maximum Gasteiger partial charge on any atom is 0.233 e. The van der Waals surface area contributed by atoms with Crippen molar-refractivity contribution in [2.24, 2.45) is 15.7 Å². The second-order valence-electron chi connectivity index (χ2n) is 9.74. The van der Waals surface area contributed by atoms with Crippen molar-refractivity contribution >= 4 is 39.4 Å². The SMILES string of the molecule is C=C(N=C(N=C(N)N(CCC)CCC)Nc1ccc2[nH]c3ccccc3c2c1)OCCc1ccc(C)c(OC)c1. The molecule has 0 fully saturated rings. The lowest BCUT2D eigenvalue weighted by Crippen LogP contribution is -2.39. The van der Waals surface area contributed by atoms with Gasteiger partial charge in [-0.05, 0) is 67.8 Å². The summed E-state index contributed by atoms with van der Waals surface area (Å²) in [5.41, 5.74) is 11.7. The van der Waals surface area contributed by atoms with Gasteiger partial charge in [-0.2, -0.15) is 9.98 Å². The Kier molecular flexibility index (Phi) is 9.67. The van der Waals surface area contributed by atoms with Crippen LogP contribution < -0.4 is 15.8 Å². The number of methoxy groups -OCH3 is 1. The third kappa shape index (κ3) is 7.14. The molecule has 0 saturated heterocycles. The zero-order valence-corrected chi connectivity index (χ0v) is 24.0. The first-order chi connectivity index (χ1) is 19.4. The van der Waals surface area contributed by atoms with Gasteiger partial charge in [-0.3, -0.25) is 0 Å². The van der Waals surface area contributed by atoms with Gasteiger partial charge >= 0.3 is 0 Å². The van der Waals surface area contributed by atoms with Crippen LogP contribution in [-0.4, -0.2) is 48.6 Å². The Morgan fingerprint density at radius 3 is 2.48 bits per heavy atom. The maximum atomic E-state index is 6.45. The van der Waals surface area contributed by atoms with E-state index in [-0.39, 0.29) is 5.88 Å². The van der Waals surface area contributed by atoms with Gasteiger partial charge in [-0.25, -0.2) is 0 Å². The summed E-state index contributed by atoms with van der Waals surface area (Å²) in [6.07, 6.45) is 2.62. The topological polar surface area (TPSA) is 100 Å². The molecule has 4 rings (SSSR count). The molecule has 1 heterocycles. The normalized spacial score (nSPS) is 12.1. The molecule has 0 aliphatic carbocycles. The smallest absolute Gasteiger partial charge is 0.233 e. The van der Waals surface area contributed by atoms with Crippen LogP contribution in [0.4, 0.5) is 5.69 Å². The number of aliphatic imine (C=N–C) groups is 2. The van der Waals surface area contributed by atoms with E-state index < -0.39 is 0 Å². The minimum Gasteiger partial charge on any atom is -0.496 e. The molecule has 0 aliphatic rings. The molecule has 1 aromatic heterocycles. The van der Waals surface area contributed by atoms with Gasteiger partial charge in [0.15, 0.2) is 5.96 Å². The van der Waals surface area contributed by atoms with Gasteiger partial charge in [-0.15, -0.1) is 0 Å². The molecule has 210 valence electrons. The number of nitrogens with one attached hydrogen (secondary N) is 2. The Morgan fingerprint density at radius 1 is 0.975 bits per heavy atom. The summed E-state index contributed by atoms with van der Waals surface area (Å²) in [5.74, 6) is 1.84. The highest BCUT2D eigenvalue weighted by Crippen LogP contribution is 2.28. The predicted molar refractivity (Wildman–Crippen MR) is 167 cm³/mol. The number of aromatic amines is 1. The van der Waals surface area contributed by atoms with Crippen LogP contribution in [0.3, 0.4) is 0 Å². The molecule has 4 aromatic rings. The lowest BCUT2D eigenvalue weighted by atomic mass is 10.1. The van der Waals surface area contributed by atoms with Crippen LogP contribution in [0.5, 0.6) is 5.75 Å².